The van der Waals surface area contributed by atoms with Gasteiger partial charge in [0.05, 0.1) is 12.2 Å². The van der Waals surface area contributed by atoms with E-state index in [1.54, 1.807) is 0 Å². The molecule has 2 fully saturated rings. The molecule has 2 unspecified atom stereocenters. The number of nitrogens with zero attached hydrogens (tertiary/aromatic N) is 4. The van der Waals surface area contributed by atoms with Crippen molar-refractivity contribution in [3.8, 4) is 0 Å². The summed E-state index contributed by atoms with van der Waals surface area (Å²) in [7, 11) is 0. The van der Waals surface area contributed by atoms with Crippen LogP contribution >= 0.6 is 0 Å². The number of amides is 2. The molecule has 2 atom stereocenters. The van der Waals surface area contributed by atoms with E-state index < -0.39 is 0 Å². The number of aryl methyl sites for hydroxylation is 1. The predicted molar refractivity (Wildman–Crippen MR) is 107 cm³/mol. The smallest absolute Gasteiger partial charge is 0.259 e. The molecule has 1 aromatic rings. The maximum Gasteiger partial charge on any atom is 0.259 e. The minimum Gasteiger partial charge on any atom is -0.360 e. The van der Waals surface area contributed by atoms with Crippen LogP contribution in [0, 0.1) is 18.8 Å². The molecule has 0 aliphatic carbocycles. The Morgan fingerprint density at radius 3 is 2.25 bits per heavy atom. The maximum atomic E-state index is 13.0. The number of hydrogen-bond donors (Lipinski definition) is 0. The van der Waals surface area contributed by atoms with E-state index in [0.717, 1.165) is 26.2 Å². The first-order chi connectivity index (χ1) is 13.3. The monoisotopic (exact) mass is 390 g/mol. The molecule has 3 heterocycles. The van der Waals surface area contributed by atoms with E-state index in [4.69, 9.17) is 4.52 Å². The zero-order chi connectivity index (χ0) is 20.4. The highest BCUT2D eigenvalue weighted by molar-refractivity contribution is 5.96. The zero-order valence-corrected chi connectivity index (χ0v) is 17.9. The van der Waals surface area contributed by atoms with Crippen molar-refractivity contribution in [3.05, 3.63) is 17.0 Å². The van der Waals surface area contributed by atoms with Gasteiger partial charge in [0.25, 0.3) is 5.91 Å². The van der Waals surface area contributed by atoms with Crippen molar-refractivity contribution in [3.63, 3.8) is 0 Å². The summed E-state index contributed by atoms with van der Waals surface area (Å²) in [4.78, 5) is 31.7. The number of piperazine rings is 1. The Hall–Kier alpha value is -1.89. The normalized spacial score (nSPS) is 24.1. The SMILES string of the molecule is Cc1noc(C(C)C)c1C(=O)N1CCN(CC(=O)N2CC(C)CC(C)C2)CC1. The molecule has 3 rings (SSSR count). The van der Waals surface area contributed by atoms with Crippen molar-refractivity contribution < 1.29 is 14.1 Å². The van der Waals surface area contributed by atoms with Crippen molar-refractivity contribution in [2.75, 3.05) is 45.8 Å². The van der Waals surface area contributed by atoms with Gasteiger partial charge in [-0.1, -0.05) is 32.9 Å². The number of hydrogen-bond acceptors (Lipinski definition) is 5. The van der Waals surface area contributed by atoms with Crippen LogP contribution in [-0.4, -0.2) is 77.5 Å². The van der Waals surface area contributed by atoms with E-state index in [2.05, 4.69) is 23.9 Å². The van der Waals surface area contributed by atoms with E-state index in [9.17, 15) is 9.59 Å². The van der Waals surface area contributed by atoms with E-state index in [-0.39, 0.29) is 17.7 Å². The molecule has 0 spiro atoms. The van der Waals surface area contributed by atoms with E-state index in [0.29, 0.717) is 48.5 Å². The minimum absolute atomic E-state index is 0.00731. The quantitative estimate of drug-likeness (QED) is 0.789. The Balaban J connectivity index is 1.54. The highest BCUT2D eigenvalue weighted by Gasteiger charge is 2.31. The second-order valence-corrected chi connectivity index (χ2v) is 8.98. The maximum absolute atomic E-state index is 13.0. The third-order valence-corrected chi connectivity index (χ3v) is 5.87. The highest BCUT2D eigenvalue weighted by Crippen LogP contribution is 2.24. The van der Waals surface area contributed by atoms with E-state index in [1.807, 2.05) is 30.6 Å². The second kappa shape index (κ2) is 8.64. The van der Waals surface area contributed by atoms with Gasteiger partial charge in [-0.2, -0.15) is 0 Å². The van der Waals surface area contributed by atoms with Gasteiger partial charge in [-0.3, -0.25) is 14.5 Å². The first-order valence-corrected chi connectivity index (χ1v) is 10.5. The van der Waals surface area contributed by atoms with Crippen molar-refractivity contribution in [2.24, 2.45) is 11.8 Å². The lowest BCUT2D eigenvalue weighted by Gasteiger charge is -2.38. The molecular weight excluding hydrogens is 356 g/mol. The topological polar surface area (TPSA) is 69.9 Å². The van der Waals surface area contributed by atoms with Crippen molar-refractivity contribution in [1.29, 1.82) is 0 Å². The molecule has 2 amide bonds. The van der Waals surface area contributed by atoms with E-state index >= 15 is 0 Å². The summed E-state index contributed by atoms with van der Waals surface area (Å²) in [5.41, 5.74) is 1.26. The fourth-order valence-electron chi connectivity index (χ4n) is 4.47. The molecule has 0 N–H and O–H groups in total. The summed E-state index contributed by atoms with van der Waals surface area (Å²) in [5, 5.41) is 3.99. The van der Waals surface area contributed by atoms with Crippen LogP contribution in [0.4, 0.5) is 0 Å². The summed E-state index contributed by atoms with van der Waals surface area (Å²) in [6.07, 6.45) is 1.20. The summed E-state index contributed by atoms with van der Waals surface area (Å²) < 4.78 is 5.37. The van der Waals surface area contributed by atoms with Crippen molar-refractivity contribution >= 4 is 11.8 Å². The van der Waals surface area contributed by atoms with Crippen LogP contribution in [0.3, 0.4) is 0 Å². The van der Waals surface area contributed by atoms with Gasteiger partial charge in [-0.05, 0) is 25.2 Å². The number of carbonyl (C=O) groups excluding carboxylic acids is 2. The fraction of sp³-hybridized carbons (Fsp3) is 0.762. The van der Waals surface area contributed by atoms with Gasteiger partial charge in [-0.25, -0.2) is 0 Å². The molecular formula is C21H34N4O3. The van der Waals surface area contributed by atoms with Crippen LogP contribution in [0.25, 0.3) is 0 Å². The summed E-state index contributed by atoms with van der Waals surface area (Å²) in [6, 6.07) is 0. The van der Waals surface area contributed by atoms with Crippen LogP contribution in [0.5, 0.6) is 0 Å². The Labute approximate surface area is 168 Å². The summed E-state index contributed by atoms with van der Waals surface area (Å²) >= 11 is 0. The van der Waals surface area contributed by atoms with Gasteiger partial charge in [-0.15, -0.1) is 0 Å². The van der Waals surface area contributed by atoms with E-state index in [1.165, 1.54) is 6.42 Å². The standard InChI is InChI=1S/C21H34N4O3/c1-14(2)20-19(17(5)22-28-20)21(27)24-8-6-23(7-9-24)13-18(26)25-11-15(3)10-16(4)12-25/h14-16H,6-13H2,1-5H3. The molecule has 1 aromatic heterocycles. The van der Waals surface area contributed by atoms with Gasteiger partial charge < -0.3 is 14.3 Å². The molecule has 7 heteroatoms. The van der Waals surface area contributed by atoms with Crippen LogP contribution in [0.2, 0.25) is 0 Å². The number of carbonyl (C=O) groups is 2. The predicted octanol–water partition coefficient (Wildman–Crippen LogP) is 2.37. The van der Waals surface area contributed by atoms with Crippen LogP contribution in [-0.2, 0) is 4.79 Å². The second-order valence-electron chi connectivity index (χ2n) is 8.98. The number of aromatic nitrogens is 1. The number of rotatable bonds is 4. The first kappa shape index (κ1) is 20.8. The Bertz CT molecular complexity index is 697. The molecule has 28 heavy (non-hydrogen) atoms. The molecule has 2 aliphatic rings. The first-order valence-electron chi connectivity index (χ1n) is 10.5. The lowest BCUT2D eigenvalue weighted by atomic mass is 9.92. The Morgan fingerprint density at radius 1 is 1.07 bits per heavy atom. The van der Waals surface area contributed by atoms with Gasteiger partial charge in [0.15, 0.2) is 5.76 Å². The van der Waals surface area contributed by atoms with Crippen molar-refractivity contribution in [1.82, 2.24) is 19.9 Å². The molecule has 0 bridgehead atoms. The van der Waals surface area contributed by atoms with Gasteiger partial charge >= 0.3 is 0 Å². The molecule has 7 nitrogen and oxygen atoms in total. The lowest BCUT2D eigenvalue weighted by Crippen LogP contribution is -2.53. The third-order valence-electron chi connectivity index (χ3n) is 5.87. The molecule has 0 saturated carbocycles. The summed E-state index contributed by atoms with van der Waals surface area (Å²) in [5.74, 6) is 2.14. The molecule has 156 valence electrons. The fourth-order valence-corrected chi connectivity index (χ4v) is 4.47. The van der Waals surface area contributed by atoms with Gasteiger partial charge in [0.2, 0.25) is 5.91 Å². The van der Waals surface area contributed by atoms with Crippen LogP contribution in [0.15, 0.2) is 4.52 Å². The van der Waals surface area contributed by atoms with Gasteiger partial charge in [0, 0.05) is 45.2 Å². The van der Waals surface area contributed by atoms with Crippen LogP contribution in [0.1, 0.15) is 61.8 Å². The highest BCUT2D eigenvalue weighted by atomic mass is 16.5. The summed E-state index contributed by atoms with van der Waals surface area (Å²) in [6.45, 7) is 15.1. The Morgan fingerprint density at radius 2 is 1.68 bits per heavy atom. The molecule has 2 saturated heterocycles. The molecule has 0 aromatic carbocycles. The molecule has 0 radical (unpaired) electrons. The lowest BCUT2D eigenvalue weighted by molar-refractivity contribution is -0.135. The average molecular weight is 391 g/mol. The average Bonchev–Trinajstić information content (AvgIpc) is 3.02. The third kappa shape index (κ3) is 4.57. The number of piperidine rings is 1. The van der Waals surface area contributed by atoms with Crippen molar-refractivity contribution in [2.45, 2.75) is 47.0 Å². The molecule has 2 aliphatic heterocycles. The van der Waals surface area contributed by atoms with Crippen LogP contribution < -0.4 is 0 Å². The zero-order valence-electron chi connectivity index (χ0n) is 17.9. The minimum atomic E-state index is -0.00731. The van der Waals surface area contributed by atoms with Gasteiger partial charge in [0.1, 0.15) is 5.56 Å². The number of likely N-dealkylation sites (tertiary alicyclic amines) is 1. The largest absolute Gasteiger partial charge is 0.360 e. The Kier molecular flexibility index (Phi) is 6.43.